The molecule has 6 heteroatoms. The van der Waals surface area contributed by atoms with Crippen molar-refractivity contribution in [2.24, 2.45) is 0 Å². The van der Waals surface area contributed by atoms with Crippen molar-refractivity contribution in [3.8, 4) is 0 Å². The summed E-state index contributed by atoms with van der Waals surface area (Å²) in [4.78, 5) is 21.1. The minimum atomic E-state index is -1.05. The molecule has 0 fully saturated rings. The van der Waals surface area contributed by atoms with E-state index in [2.05, 4.69) is 5.32 Å². The summed E-state index contributed by atoms with van der Waals surface area (Å²) in [6.45, 7) is 0.340. The predicted octanol–water partition coefficient (Wildman–Crippen LogP) is 0.687. The molecule has 0 aromatic carbocycles. The lowest BCUT2D eigenvalue weighted by molar-refractivity contribution is -0.140. The van der Waals surface area contributed by atoms with Crippen LogP contribution in [0.5, 0.6) is 0 Å². The summed E-state index contributed by atoms with van der Waals surface area (Å²) >= 11 is 0. The molecule has 0 aliphatic carbocycles. The van der Waals surface area contributed by atoms with Crippen LogP contribution in [0.25, 0.3) is 0 Å². The number of nitrogens with one attached hydrogen (secondary N) is 1. The molecule has 3 N–H and O–H groups in total. The summed E-state index contributed by atoms with van der Waals surface area (Å²) in [5.74, 6) is -2.05. The molecule has 1 rings (SSSR count). The van der Waals surface area contributed by atoms with Crippen LogP contribution in [0.2, 0.25) is 0 Å². The van der Waals surface area contributed by atoms with Gasteiger partial charge in [-0.2, -0.15) is 0 Å². The molecule has 1 aromatic rings. The van der Waals surface area contributed by atoms with Gasteiger partial charge in [-0.25, -0.2) is 0 Å². The first kappa shape index (κ1) is 12.3. The van der Waals surface area contributed by atoms with Crippen LogP contribution in [0.3, 0.4) is 0 Å². The van der Waals surface area contributed by atoms with Gasteiger partial charge in [-0.1, -0.05) is 0 Å². The maximum Gasteiger partial charge on any atom is 0.320 e. The van der Waals surface area contributed by atoms with E-state index in [1.165, 1.54) is 12.5 Å². The standard InChI is InChI=1S/C10H13NO5/c12-9(13)2-1-8(10(14)15)11-5-7-3-4-16-6-7/h3-4,6,8,11H,1-2,5H2,(H,12,13)(H,14,15). The van der Waals surface area contributed by atoms with Crippen molar-refractivity contribution >= 4 is 11.9 Å². The highest BCUT2D eigenvalue weighted by molar-refractivity contribution is 5.75. The Morgan fingerprint density at radius 2 is 2.19 bits per heavy atom. The third kappa shape index (κ3) is 4.14. The first-order valence-corrected chi connectivity index (χ1v) is 4.78. The third-order valence-electron chi connectivity index (χ3n) is 2.08. The van der Waals surface area contributed by atoms with E-state index in [1.807, 2.05) is 0 Å². The Balaban J connectivity index is 2.39. The van der Waals surface area contributed by atoms with Crippen LogP contribution in [0, 0.1) is 0 Å². The van der Waals surface area contributed by atoms with Crippen molar-refractivity contribution < 1.29 is 24.2 Å². The Kier molecular flexibility index (Phi) is 4.53. The van der Waals surface area contributed by atoms with E-state index >= 15 is 0 Å². The van der Waals surface area contributed by atoms with E-state index in [1.54, 1.807) is 6.07 Å². The minimum absolute atomic E-state index is 0.0581. The first-order valence-electron chi connectivity index (χ1n) is 4.78. The van der Waals surface area contributed by atoms with Crippen molar-refractivity contribution in [1.29, 1.82) is 0 Å². The molecule has 0 bridgehead atoms. The molecule has 16 heavy (non-hydrogen) atoms. The van der Waals surface area contributed by atoms with Crippen molar-refractivity contribution in [1.82, 2.24) is 5.32 Å². The zero-order valence-corrected chi connectivity index (χ0v) is 8.55. The molecular formula is C10H13NO5. The molecule has 0 aliphatic heterocycles. The van der Waals surface area contributed by atoms with E-state index in [4.69, 9.17) is 14.6 Å². The van der Waals surface area contributed by atoms with Crippen LogP contribution in [0.4, 0.5) is 0 Å². The zero-order chi connectivity index (χ0) is 12.0. The van der Waals surface area contributed by atoms with Crippen LogP contribution < -0.4 is 5.32 Å². The Morgan fingerprint density at radius 3 is 2.69 bits per heavy atom. The molecule has 0 saturated carbocycles. The highest BCUT2D eigenvalue weighted by Crippen LogP contribution is 2.03. The second-order valence-corrected chi connectivity index (χ2v) is 3.34. The van der Waals surface area contributed by atoms with Crippen molar-refractivity contribution in [3.05, 3.63) is 24.2 Å². The number of carbonyl (C=O) groups is 2. The van der Waals surface area contributed by atoms with Crippen molar-refractivity contribution in [2.45, 2.75) is 25.4 Å². The number of furan rings is 1. The molecule has 1 heterocycles. The maximum absolute atomic E-state index is 10.8. The van der Waals surface area contributed by atoms with Gasteiger partial charge in [0.15, 0.2) is 0 Å². The van der Waals surface area contributed by atoms with Crippen LogP contribution in [-0.4, -0.2) is 28.2 Å². The van der Waals surface area contributed by atoms with Crippen molar-refractivity contribution in [2.75, 3.05) is 0 Å². The quantitative estimate of drug-likeness (QED) is 0.633. The van der Waals surface area contributed by atoms with Gasteiger partial charge in [-0.3, -0.25) is 9.59 Å². The molecular weight excluding hydrogens is 214 g/mol. The van der Waals surface area contributed by atoms with Gasteiger partial charge in [0.2, 0.25) is 0 Å². The van der Waals surface area contributed by atoms with Gasteiger partial charge in [0.1, 0.15) is 6.04 Å². The molecule has 88 valence electrons. The SMILES string of the molecule is O=C(O)CCC(NCc1ccoc1)C(=O)O. The lowest BCUT2D eigenvalue weighted by Gasteiger charge is -2.12. The summed E-state index contributed by atoms with van der Waals surface area (Å²) in [5.41, 5.74) is 0.821. The van der Waals surface area contributed by atoms with Crippen LogP contribution in [-0.2, 0) is 16.1 Å². The van der Waals surface area contributed by atoms with Gasteiger partial charge in [0.05, 0.1) is 12.5 Å². The van der Waals surface area contributed by atoms with Gasteiger partial charge in [0, 0.05) is 18.5 Å². The summed E-state index contributed by atoms with van der Waals surface area (Å²) in [6, 6.07) is 0.856. The van der Waals surface area contributed by atoms with Crippen LogP contribution in [0.1, 0.15) is 18.4 Å². The maximum atomic E-state index is 10.8. The molecule has 1 unspecified atom stereocenters. The van der Waals surface area contributed by atoms with Gasteiger partial charge in [0.25, 0.3) is 0 Å². The Hall–Kier alpha value is -1.82. The Labute approximate surface area is 91.9 Å². The average molecular weight is 227 g/mol. The number of hydrogen-bond acceptors (Lipinski definition) is 4. The van der Waals surface area contributed by atoms with E-state index in [9.17, 15) is 9.59 Å². The lowest BCUT2D eigenvalue weighted by Crippen LogP contribution is -2.36. The molecule has 0 saturated heterocycles. The fraction of sp³-hybridized carbons (Fsp3) is 0.400. The van der Waals surface area contributed by atoms with E-state index < -0.39 is 18.0 Å². The topological polar surface area (TPSA) is 99.8 Å². The largest absolute Gasteiger partial charge is 0.481 e. The number of rotatable bonds is 7. The molecule has 0 aliphatic rings. The van der Waals surface area contributed by atoms with Gasteiger partial charge in [-0.05, 0) is 12.5 Å². The highest BCUT2D eigenvalue weighted by Gasteiger charge is 2.17. The number of carboxylic acid groups (broad SMARTS) is 2. The third-order valence-corrected chi connectivity index (χ3v) is 2.08. The average Bonchev–Trinajstić information content (AvgIpc) is 2.69. The fourth-order valence-electron chi connectivity index (χ4n) is 1.21. The van der Waals surface area contributed by atoms with E-state index in [0.717, 1.165) is 5.56 Å². The van der Waals surface area contributed by atoms with E-state index in [0.29, 0.717) is 6.54 Å². The Morgan fingerprint density at radius 1 is 1.44 bits per heavy atom. The molecule has 0 radical (unpaired) electrons. The van der Waals surface area contributed by atoms with Gasteiger partial charge < -0.3 is 19.9 Å². The number of aliphatic carboxylic acids is 2. The molecule has 0 amide bonds. The fourth-order valence-corrected chi connectivity index (χ4v) is 1.21. The molecule has 0 spiro atoms. The minimum Gasteiger partial charge on any atom is -0.481 e. The second-order valence-electron chi connectivity index (χ2n) is 3.34. The summed E-state index contributed by atoms with van der Waals surface area (Å²) < 4.78 is 4.82. The Bertz CT molecular complexity index is 346. The summed E-state index contributed by atoms with van der Waals surface area (Å²) in [5, 5.41) is 20.1. The monoisotopic (exact) mass is 227 g/mol. The zero-order valence-electron chi connectivity index (χ0n) is 8.55. The van der Waals surface area contributed by atoms with Crippen LogP contribution >= 0.6 is 0 Å². The predicted molar refractivity (Wildman–Crippen MR) is 53.8 cm³/mol. The smallest absolute Gasteiger partial charge is 0.320 e. The normalized spacial score (nSPS) is 12.2. The van der Waals surface area contributed by atoms with Gasteiger partial charge in [-0.15, -0.1) is 0 Å². The molecule has 1 aromatic heterocycles. The second kappa shape index (κ2) is 5.92. The summed E-state index contributed by atoms with van der Waals surface area (Å²) in [6.07, 6.45) is 2.88. The van der Waals surface area contributed by atoms with Crippen LogP contribution in [0.15, 0.2) is 23.0 Å². The number of carboxylic acids is 2. The molecule has 6 nitrogen and oxygen atoms in total. The number of hydrogen-bond donors (Lipinski definition) is 3. The summed E-state index contributed by atoms with van der Waals surface area (Å²) in [7, 11) is 0. The van der Waals surface area contributed by atoms with Gasteiger partial charge >= 0.3 is 11.9 Å². The van der Waals surface area contributed by atoms with Crippen molar-refractivity contribution in [3.63, 3.8) is 0 Å². The first-order chi connectivity index (χ1) is 7.59. The lowest BCUT2D eigenvalue weighted by atomic mass is 10.1. The van der Waals surface area contributed by atoms with E-state index in [-0.39, 0.29) is 12.8 Å². The highest BCUT2D eigenvalue weighted by atomic mass is 16.4. The molecule has 1 atom stereocenters.